The lowest BCUT2D eigenvalue weighted by Gasteiger charge is -2.13. The molecule has 0 unspecified atom stereocenters. The number of carbonyl (C=O) groups is 1. The molecule has 152 valence electrons. The molecule has 1 N–H and O–H groups in total. The first-order chi connectivity index (χ1) is 14.1. The first kappa shape index (κ1) is 20.9. The van der Waals surface area contributed by atoms with E-state index in [-0.39, 0.29) is 17.2 Å². The molecule has 0 radical (unpaired) electrons. The summed E-state index contributed by atoms with van der Waals surface area (Å²) >= 11 is 1.30. The van der Waals surface area contributed by atoms with Gasteiger partial charge in [-0.2, -0.15) is 0 Å². The quantitative estimate of drug-likeness (QED) is 0.430. The molecule has 6 nitrogen and oxygen atoms in total. The van der Waals surface area contributed by atoms with Crippen LogP contribution < -0.4 is 15.6 Å². The highest BCUT2D eigenvalue weighted by atomic mass is 32.2. The van der Waals surface area contributed by atoms with Crippen LogP contribution >= 0.6 is 11.8 Å². The maximum absolute atomic E-state index is 12.9. The van der Waals surface area contributed by atoms with Gasteiger partial charge < -0.3 is 10.1 Å². The summed E-state index contributed by atoms with van der Waals surface area (Å²) < 4.78 is 6.82. The Kier molecular flexibility index (Phi) is 7.30. The predicted molar refractivity (Wildman–Crippen MR) is 116 cm³/mol. The van der Waals surface area contributed by atoms with E-state index < -0.39 is 0 Å². The first-order valence-electron chi connectivity index (χ1n) is 9.64. The molecule has 7 heteroatoms. The Morgan fingerprint density at radius 3 is 2.66 bits per heavy atom. The maximum atomic E-state index is 12.9. The van der Waals surface area contributed by atoms with Crippen LogP contribution in [0.1, 0.15) is 25.3 Å². The number of unbranched alkanes of at least 4 members (excludes halogenated alkanes) is 1. The average Bonchev–Trinajstić information content (AvgIpc) is 2.76. The van der Waals surface area contributed by atoms with Gasteiger partial charge in [0.1, 0.15) is 5.75 Å². The van der Waals surface area contributed by atoms with Crippen molar-refractivity contribution in [2.45, 2.75) is 38.0 Å². The molecule has 0 spiro atoms. The van der Waals surface area contributed by atoms with Gasteiger partial charge >= 0.3 is 0 Å². The van der Waals surface area contributed by atoms with E-state index in [1.165, 1.54) is 11.8 Å². The lowest BCUT2D eigenvalue weighted by atomic mass is 10.2. The maximum Gasteiger partial charge on any atom is 0.262 e. The number of nitrogens with one attached hydrogen (secondary N) is 1. The van der Waals surface area contributed by atoms with E-state index in [0.717, 1.165) is 24.2 Å². The predicted octanol–water partition coefficient (Wildman–Crippen LogP) is 3.61. The van der Waals surface area contributed by atoms with Crippen molar-refractivity contribution in [1.82, 2.24) is 14.9 Å². The van der Waals surface area contributed by atoms with Gasteiger partial charge in [-0.25, -0.2) is 4.98 Å². The third-order valence-electron chi connectivity index (χ3n) is 4.54. The Balaban J connectivity index is 1.68. The molecule has 3 aromatic rings. The summed E-state index contributed by atoms with van der Waals surface area (Å²) in [5, 5.41) is 4.10. The van der Waals surface area contributed by atoms with E-state index in [1.807, 2.05) is 42.5 Å². The van der Waals surface area contributed by atoms with Crippen molar-refractivity contribution < 1.29 is 9.53 Å². The second kappa shape index (κ2) is 10.1. The molecule has 0 saturated carbocycles. The number of benzene rings is 2. The number of carbonyl (C=O) groups excluding carboxylic acids is 1. The molecule has 0 atom stereocenters. The van der Waals surface area contributed by atoms with Crippen LogP contribution in [0.4, 0.5) is 0 Å². The van der Waals surface area contributed by atoms with Crippen molar-refractivity contribution in [2.24, 2.45) is 0 Å². The number of amides is 1. The van der Waals surface area contributed by atoms with Gasteiger partial charge in [-0.3, -0.25) is 14.2 Å². The number of rotatable bonds is 9. The summed E-state index contributed by atoms with van der Waals surface area (Å²) in [6.45, 7) is 3.12. The highest BCUT2D eigenvalue weighted by Crippen LogP contribution is 2.18. The molecule has 0 aliphatic heterocycles. The second-order valence-corrected chi connectivity index (χ2v) is 7.58. The fourth-order valence-electron chi connectivity index (χ4n) is 2.90. The highest BCUT2D eigenvalue weighted by Gasteiger charge is 2.13. The molecule has 29 heavy (non-hydrogen) atoms. The van der Waals surface area contributed by atoms with E-state index in [4.69, 9.17) is 4.74 Å². The van der Waals surface area contributed by atoms with Crippen molar-refractivity contribution >= 4 is 28.6 Å². The molecular weight excluding hydrogens is 386 g/mol. The SMILES string of the molecule is CCCCn1c(SCC(=O)NCc2ccc(OC)cc2)nc2ccccc2c1=O. The fourth-order valence-corrected chi connectivity index (χ4v) is 3.75. The van der Waals surface area contributed by atoms with Crippen LogP contribution in [-0.2, 0) is 17.9 Å². The van der Waals surface area contributed by atoms with Crippen LogP contribution in [-0.4, -0.2) is 28.3 Å². The van der Waals surface area contributed by atoms with Gasteiger partial charge in [0.25, 0.3) is 5.56 Å². The van der Waals surface area contributed by atoms with Gasteiger partial charge in [0.05, 0.1) is 23.8 Å². The smallest absolute Gasteiger partial charge is 0.262 e. The van der Waals surface area contributed by atoms with Crippen LogP contribution in [0.3, 0.4) is 0 Å². The molecule has 1 amide bonds. The van der Waals surface area contributed by atoms with Gasteiger partial charge in [-0.1, -0.05) is 49.4 Å². The van der Waals surface area contributed by atoms with Crippen molar-refractivity contribution in [3.05, 3.63) is 64.4 Å². The van der Waals surface area contributed by atoms with Gasteiger partial charge in [0.2, 0.25) is 5.91 Å². The first-order valence-corrected chi connectivity index (χ1v) is 10.6. The molecule has 0 aliphatic rings. The zero-order chi connectivity index (χ0) is 20.6. The van der Waals surface area contributed by atoms with Gasteiger partial charge in [-0.05, 0) is 36.2 Å². The summed E-state index contributed by atoms with van der Waals surface area (Å²) in [6.07, 6.45) is 1.86. The number of thioether (sulfide) groups is 1. The molecular formula is C22H25N3O3S. The Bertz CT molecular complexity index is 1030. The summed E-state index contributed by atoms with van der Waals surface area (Å²) in [5.41, 5.74) is 1.60. The topological polar surface area (TPSA) is 73.2 Å². The van der Waals surface area contributed by atoms with Crippen LogP contribution in [0.15, 0.2) is 58.5 Å². The van der Waals surface area contributed by atoms with Crippen LogP contribution in [0, 0.1) is 0 Å². The molecule has 2 aromatic carbocycles. The number of fused-ring (bicyclic) bond motifs is 1. The second-order valence-electron chi connectivity index (χ2n) is 6.64. The lowest BCUT2D eigenvalue weighted by molar-refractivity contribution is -0.118. The van der Waals surface area contributed by atoms with Crippen molar-refractivity contribution in [1.29, 1.82) is 0 Å². The number of para-hydroxylation sites is 1. The molecule has 0 fully saturated rings. The Labute approximate surface area is 174 Å². The highest BCUT2D eigenvalue weighted by molar-refractivity contribution is 7.99. The number of methoxy groups -OCH3 is 1. The normalized spacial score (nSPS) is 10.8. The van der Waals surface area contributed by atoms with E-state index in [0.29, 0.717) is 29.1 Å². The number of nitrogens with zero attached hydrogens (tertiary/aromatic N) is 2. The van der Waals surface area contributed by atoms with Gasteiger partial charge in [0, 0.05) is 13.1 Å². The Morgan fingerprint density at radius 2 is 1.93 bits per heavy atom. The van der Waals surface area contributed by atoms with Gasteiger partial charge in [-0.15, -0.1) is 0 Å². The zero-order valence-electron chi connectivity index (χ0n) is 16.7. The molecule has 1 aromatic heterocycles. The van der Waals surface area contributed by atoms with Crippen LogP contribution in [0.25, 0.3) is 10.9 Å². The largest absolute Gasteiger partial charge is 0.497 e. The van der Waals surface area contributed by atoms with Crippen molar-refractivity contribution in [3.8, 4) is 5.75 Å². The number of hydrogen-bond donors (Lipinski definition) is 1. The van der Waals surface area contributed by atoms with E-state index in [9.17, 15) is 9.59 Å². The monoisotopic (exact) mass is 411 g/mol. The zero-order valence-corrected chi connectivity index (χ0v) is 17.5. The standard InChI is InChI=1S/C22H25N3O3S/c1-3-4-13-25-21(27)18-7-5-6-8-19(18)24-22(25)29-15-20(26)23-14-16-9-11-17(28-2)12-10-16/h5-12H,3-4,13-15H2,1-2H3,(H,23,26). The number of hydrogen-bond acceptors (Lipinski definition) is 5. The van der Waals surface area contributed by atoms with Crippen molar-refractivity contribution in [2.75, 3.05) is 12.9 Å². The number of aromatic nitrogens is 2. The van der Waals surface area contributed by atoms with Gasteiger partial charge in [0.15, 0.2) is 5.16 Å². The summed E-state index contributed by atoms with van der Waals surface area (Å²) in [5.74, 6) is 0.880. The van der Waals surface area contributed by atoms with E-state index >= 15 is 0 Å². The molecule has 0 aliphatic carbocycles. The Hall–Kier alpha value is -2.80. The minimum absolute atomic E-state index is 0.0507. The minimum Gasteiger partial charge on any atom is -0.497 e. The average molecular weight is 412 g/mol. The summed E-state index contributed by atoms with van der Waals surface area (Å²) in [7, 11) is 1.62. The molecule has 3 rings (SSSR count). The third-order valence-corrected chi connectivity index (χ3v) is 5.52. The summed E-state index contributed by atoms with van der Waals surface area (Å²) in [4.78, 5) is 29.8. The molecule has 0 bridgehead atoms. The summed E-state index contributed by atoms with van der Waals surface area (Å²) in [6, 6.07) is 14.9. The number of ether oxygens (including phenoxy) is 1. The molecule has 1 heterocycles. The molecule has 0 saturated heterocycles. The Morgan fingerprint density at radius 1 is 1.17 bits per heavy atom. The van der Waals surface area contributed by atoms with Crippen LogP contribution in [0.2, 0.25) is 0 Å². The lowest BCUT2D eigenvalue weighted by Crippen LogP contribution is -2.27. The van der Waals surface area contributed by atoms with Crippen molar-refractivity contribution in [3.63, 3.8) is 0 Å². The van der Waals surface area contributed by atoms with E-state index in [1.54, 1.807) is 17.7 Å². The fraction of sp³-hybridized carbons (Fsp3) is 0.318. The van der Waals surface area contributed by atoms with Crippen LogP contribution in [0.5, 0.6) is 5.75 Å². The minimum atomic E-state index is -0.102. The third kappa shape index (κ3) is 5.38. The van der Waals surface area contributed by atoms with E-state index in [2.05, 4.69) is 17.2 Å².